The number of fused-ring (bicyclic) bond motifs is 8. The third-order valence-electron chi connectivity index (χ3n) is 15.4. The molecule has 1 unspecified atom stereocenters. The van der Waals surface area contributed by atoms with Crippen LogP contribution in [0.4, 0.5) is 4.79 Å². The number of hydrogen-bond donors (Lipinski definition) is 1. The minimum Gasteiger partial charge on any atom is -0.436 e. The summed E-state index contributed by atoms with van der Waals surface area (Å²) in [6, 6.07) is 19.0. The van der Waals surface area contributed by atoms with Gasteiger partial charge < -0.3 is 19.2 Å². The average molecular weight is 721 g/mol. The van der Waals surface area contributed by atoms with E-state index in [-0.39, 0.29) is 46.2 Å². The second kappa shape index (κ2) is 13.1. The van der Waals surface area contributed by atoms with E-state index in [1.165, 1.54) is 11.0 Å². The summed E-state index contributed by atoms with van der Waals surface area (Å²) in [5.41, 5.74) is 3.87. The molecule has 2 aromatic carbocycles. The molecule has 4 saturated carbocycles. The summed E-state index contributed by atoms with van der Waals surface area (Å²) < 4.78 is 11.5. The third-order valence-corrected chi connectivity index (χ3v) is 15.4. The Morgan fingerprint density at radius 2 is 1.53 bits per heavy atom. The number of amides is 2. The van der Waals surface area contributed by atoms with Gasteiger partial charge >= 0.3 is 11.7 Å². The molecule has 5 aliphatic carbocycles. The van der Waals surface area contributed by atoms with Crippen LogP contribution in [0.1, 0.15) is 114 Å². The SMILES string of the molecule is CC(C)[C@H](C(=O)N(C)C1CC[C@@]2(C)[C@H](CC[C@@H]3[C@@H]2CC[C@]2(C)[C@@H](c4ccc(=O)oc4)CC[C@]32O)C1)N(C)C(=O)OC1c2ccccc2-c2ccccc21. The topological polar surface area (TPSA) is 100 Å². The van der Waals surface area contributed by atoms with Crippen molar-refractivity contribution in [1.82, 2.24) is 9.80 Å². The Bertz CT molecular complexity index is 1890. The van der Waals surface area contributed by atoms with Crippen molar-refractivity contribution < 1.29 is 23.8 Å². The van der Waals surface area contributed by atoms with Gasteiger partial charge in [0.2, 0.25) is 5.91 Å². The first-order chi connectivity index (χ1) is 25.3. The predicted octanol–water partition coefficient (Wildman–Crippen LogP) is 8.57. The van der Waals surface area contributed by atoms with Gasteiger partial charge in [-0.25, -0.2) is 9.59 Å². The lowest BCUT2D eigenvalue weighted by Crippen LogP contribution is -2.62. The van der Waals surface area contributed by atoms with Crippen LogP contribution in [0.25, 0.3) is 11.1 Å². The van der Waals surface area contributed by atoms with Crippen LogP contribution >= 0.6 is 0 Å². The van der Waals surface area contributed by atoms with Crippen molar-refractivity contribution in [2.24, 2.45) is 34.5 Å². The Labute approximate surface area is 313 Å². The van der Waals surface area contributed by atoms with Gasteiger partial charge in [0, 0.05) is 42.7 Å². The third kappa shape index (κ3) is 5.52. The Balaban J connectivity index is 0.951. The number of ether oxygens (including phenoxy) is 1. The normalized spacial score (nSPS) is 33.5. The molecule has 282 valence electrons. The van der Waals surface area contributed by atoms with Gasteiger partial charge in [-0.1, -0.05) is 76.2 Å². The van der Waals surface area contributed by atoms with Gasteiger partial charge in [0.15, 0.2) is 6.10 Å². The second-order valence-electron chi connectivity index (χ2n) is 18.0. The van der Waals surface area contributed by atoms with Gasteiger partial charge in [0.25, 0.3) is 0 Å². The first-order valence-electron chi connectivity index (χ1n) is 20.0. The first kappa shape index (κ1) is 36.1. The fourth-order valence-corrected chi connectivity index (χ4v) is 12.5. The fraction of sp³-hybridized carbons (Fsp3) is 0.578. The van der Waals surface area contributed by atoms with E-state index in [0.29, 0.717) is 11.8 Å². The van der Waals surface area contributed by atoms with E-state index in [0.717, 1.165) is 85.6 Å². The Kier molecular flexibility index (Phi) is 8.95. The molecule has 0 bridgehead atoms. The van der Waals surface area contributed by atoms with Gasteiger partial charge in [-0.15, -0.1) is 0 Å². The highest BCUT2D eigenvalue weighted by Gasteiger charge is 2.67. The van der Waals surface area contributed by atoms with Crippen molar-refractivity contribution in [3.8, 4) is 11.1 Å². The lowest BCUT2D eigenvalue weighted by molar-refractivity contribution is -0.203. The van der Waals surface area contributed by atoms with Crippen LogP contribution in [-0.4, -0.2) is 58.7 Å². The molecule has 1 aromatic heterocycles. The summed E-state index contributed by atoms with van der Waals surface area (Å²) in [4.78, 5) is 43.5. The van der Waals surface area contributed by atoms with Crippen molar-refractivity contribution in [2.45, 2.75) is 115 Å². The molecule has 5 aliphatic rings. The van der Waals surface area contributed by atoms with Crippen molar-refractivity contribution >= 4 is 12.0 Å². The monoisotopic (exact) mass is 720 g/mol. The molecule has 2 amide bonds. The summed E-state index contributed by atoms with van der Waals surface area (Å²) in [6.45, 7) is 8.75. The molecule has 8 nitrogen and oxygen atoms in total. The molecule has 53 heavy (non-hydrogen) atoms. The van der Waals surface area contributed by atoms with E-state index >= 15 is 0 Å². The zero-order valence-corrected chi connectivity index (χ0v) is 32.2. The van der Waals surface area contributed by atoms with Crippen molar-refractivity contribution in [2.75, 3.05) is 14.1 Å². The number of carbonyl (C=O) groups is 2. The molecule has 9 atom stereocenters. The number of carbonyl (C=O) groups excluding carboxylic acids is 2. The van der Waals surface area contributed by atoms with Crippen molar-refractivity contribution in [3.63, 3.8) is 0 Å². The van der Waals surface area contributed by atoms with Crippen LogP contribution in [0, 0.1) is 34.5 Å². The maximum absolute atomic E-state index is 14.4. The van der Waals surface area contributed by atoms with E-state index < -0.39 is 23.8 Å². The molecule has 1 heterocycles. The lowest BCUT2D eigenvalue weighted by atomic mass is 9.43. The molecular weight excluding hydrogens is 665 g/mol. The standard InChI is InChI=1S/C45H56N2O6/c1-27(2)39(47(6)42(50)53-40-33-13-9-7-11-31(33)32-12-8-10-14-34(32)40)41(49)46(5)30-19-22-43(3)29(25-30)16-17-37-36(43)20-23-44(4)35(21-24-45(37,44)51)28-15-18-38(48)52-26-28/h7-15,18,26-27,29-30,35-37,39-40,51H,16-17,19-25H2,1-6H3/t29-,30?,35-,36+,37-,39-,43+,44-,45+/m1/s1. The highest BCUT2D eigenvalue weighted by atomic mass is 16.6. The minimum atomic E-state index is -0.749. The number of likely N-dealkylation sites (N-methyl/N-ethyl adjacent to an activating group) is 2. The number of benzene rings is 2. The van der Waals surface area contributed by atoms with Gasteiger partial charge in [0.05, 0.1) is 11.9 Å². The second-order valence-corrected chi connectivity index (χ2v) is 18.0. The highest BCUT2D eigenvalue weighted by Crippen LogP contribution is 2.70. The van der Waals surface area contributed by atoms with E-state index in [9.17, 15) is 19.5 Å². The Morgan fingerprint density at radius 1 is 0.849 bits per heavy atom. The Morgan fingerprint density at radius 3 is 2.17 bits per heavy atom. The maximum atomic E-state index is 14.4. The number of aliphatic hydroxyl groups is 1. The zero-order chi connectivity index (χ0) is 37.4. The summed E-state index contributed by atoms with van der Waals surface area (Å²) in [5, 5.41) is 12.7. The number of rotatable bonds is 6. The molecule has 4 fully saturated rings. The smallest absolute Gasteiger partial charge is 0.411 e. The zero-order valence-electron chi connectivity index (χ0n) is 32.2. The van der Waals surface area contributed by atoms with Gasteiger partial charge in [0.1, 0.15) is 6.04 Å². The van der Waals surface area contributed by atoms with Gasteiger partial charge in [-0.2, -0.15) is 0 Å². The number of nitrogens with zero attached hydrogens (tertiary/aromatic N) is 2. The molecule has 3 aromatic rings. The van der Waals surface area contributed by atoms with Gasteiger partial charge in [-0.05, 0) is 116 Å². The summed E-state index contributed by atoms with van der Waals surface area (Å²) in [5.74, 6) is 1.17. The van der Waals surface area contributed by atoms with Crippen LogP contribution in [0.3, 0.4) is 0 Å². The van der Waals surface area contributed by atoms with Crippen molar-refractivity contribution in [3.05, 3.63) is 94.0 Å². The summed E-state index contributed by atoms with van der Waals surface area (Å²) in [7, 11) is 3.63. The first-order valence-corrected chi connectivity index (χ1v) is 20.0. The predicted molar refractivity (Wildman–Crippen MR) is 204 cm³/mol. The fourth-order valence-electron chi connectivity index (χ4n) is 12.5. The summed E-state index contributed by atoms with van der Waals surface area (Å²) in [6.07, 6.45) is 9.24. The molecule has 8 rings (SSSR count). The van der Waals surface area contributed by atoms with Crippen LogP contribution in [-0.2, 0) is 9.53 Å². The van der Waals surface area contributed by atoms with Crippen LogP contribution in [0.2, 0.25) is 0 Å². The van der Waals surface area contributed by atoms with E-state index in [4.69, 9.17) is 9.15 Å². The molecule has 1 N–H and O–H groups in total. The van der Waals surface area contributed by atoms with Crippen LogP contribution in [0.15, 0.2) is 76.1 Å². The average Bonchev–Trinajstić information content (AvgIpc) is 3.62. The van der Waals surface area contributed by atoms with E-state index in [2.05, 4.69) is 26.0 Å². The van der Waals surface area contributed by atoms with Crippen LogP contribution < -0.4 is 5.63 Å². The summed E-state index contributed by atoms with van der Waals surface area (Å²) >= 11 is 0. The molecule has 0 spiro atoms. The maximum Gasteiger partial charge on any atom is 0.411 e. The van der Waals surface area contributed by atoms with Crippen molar-refractivity contribution in [1.29, 1.82) is 0 Å². The lowest BCUT2D eigenvalue weighted by Gasteiger charge is -2.64. The number of hydrogen-bond acceptors (Lipinski definition) is 6. The quantitative estimate of drug-likeness (QED) is 0.274. The molecular formula is C45H56N2O6. The minimum absolute atomic E-state index is 0.0366. The van der Waals surface area contributed by atoms with E-state index in [1.54, 1.807) is 13.3 Å². The largest absolute Gasteiger partial charge is 0.436 e. The van der Waals surface area contributed by atoms with Crippen LogP contribution in [0.5, 0.6) is 0 Å². The van der Waals surface area contributed by atoms with E-state index in [1.807, 2.05) is 68.3 Å². The van der Waals surface area contributed by atoms with Gasteiger partial charge in [-0.3, -0.25) is 9.69 Å². The molecule has 0 aliphatic heterocycles. The Hall–Kier alpha value is -3.91. The highest BCUT2D eigenvalue weighted by molar-refractivity contribution is 5.86. The molecule has 0 saturated heterocycles. The molecule has 0 radical (unpaired) electrons. The molecule has 8 heteroatoms.